The molecular formula is C15H17N3O2. The van der Waals surface area contributed by atoms with Gasteiger partial charge in [-0.15, -0.1) is 0 Å². The van der Waals surface area contributed by atoms with Crippen LogP contribution in [0.4, 0.5) is 0 Å². The van der Waals surface area contributed by atoms with Gasteiger partial charge >= 0.3 is 0 Å². The molecule has 0 aliphatic rings. The van der Waals surface area contributed by atoms with Crippen LogP contribution in [-0.2, 0) is 10.3 Å². The molecule has 0 fully saturated rings. The summed E-state index contributed by atoms with van der Waals surface area (Å²) in [5, 5.41) is 12.9. The third-order valence-electron chi connectivity index (χ3n) is 3.28. The quantitative estimate of drug-likeness (QED) is 0.834. The van der Waals surface area contributed by atoms with E-state index in [9.17, 15) is 0 Å². The molecule has 0 saturated carbocycles. The van der Waals surface area contributed by atoms with E-state index < -0.39 is 5.60 Å². The van der Waals surface area contributed by atoms with Gasteiger partial charge in [0.05, 0.1) is 11.6 Å². The molecule has 0 aliphatic carbocycles. The van der Waals surface area contributed by atoms with Crippen molar-refractivity contribution < 1.29 is 9.26 Å². The minimum Gasteiger partial charge on any atom is -0.367 e. The van der Waals surface area contributed by atoms with E-state index in [4.69, 9.17) is 14.5 Å². The first-order valence-electron chi connectivity index (χ1n) is 6.61. The van der Waals surface area contributed by atoms with Gasteiger partial charge in [0.1, 0.15) is 5.60 Å². The van der Waals surface area contributed by atoms with Gasteiger partial charge in [0.25, 0.3) is 5.89 Å². The highest BCUT2D eigenvalue weighted by Crippen LogP contribution is 2.28. The standard InChI is InChI=1S/C15H17N3O2/c1-4-15(3,19-5-2)14-17-13(20-18-14)12-8-6-7-11(9-12)10-16/h6-9H,4-5H2,1-3H3. The van der Waals surface area contributed by atoms with Crippen molar-refractivity contribution in [2.24, 2.45) is 0 Å². The lowest BCUT2D eigenvalue weighted by Gasteiger charge is -2.23. The van der Waals surface area contributed by atoms with E-state index in [0.29, 0.717) is 23.9 Å². The van der Waals surface area contributed by atoms with Gasteiger partial charge in [-0.25, -0.2) is 0 Å². The number of rotatable bonds is 5. The van der Waals surface area contributed by atoms with Gasteiger partial charge in [-0.3, -0.25) is 0 Å². The molecule has 0 N–H and O–H groups in total. The maximum absolute atomic E-state index is 8.91. The molecule has 2 rings (SSSR count). The molecule has 0 spiro atoms. The third-order valence-corrected chi connectivity index (χ3v) is 3.28. The van der Waals surface area contributed by atoms with Gasteiger partial charge in [0.2, 0.25) is 5.82 Å². The fraction of sp³-hybridized carbons (Fsp3) is 0.400. The average Bonchev–Trinajstić information content (AvgIpc) is 2.98. The number of aromatic nitrogens is 2. The molecule has 0 radical (unpaired) electrons. The molecule has 0 bridgehead atoms. The summed E-state index contributed by atoms with van der Waals surface area (Å²) in [6.45, 7) is 6.47. The van der Waals surface area contributed by atoms with Crippen molar-refractivity contribution in [3.63, 3.8) is 0 Å². The van der Waals surface area contributed by atoms with E-state index in [1.165, 1.54) is 0 Å². The molecule has 1 heterocycles. The second-order valence-corrected chi connectivity index (χ2v) is 4.63. The fourth-order valence-electron chi connectivity index (χ4n) is 1.92. The summed E-state index contributed by atoms with van der Waals surface area (Å²) in [5.74, 6) is 0.927. The van der Waals surface area contributed by atoms with Crippen LogP contribution in [0.5, 0.6) is 0 Å². The predicted octanol–water partition coefficient (Wildman–Crippen LogP) is 3.27. The lowest BCUT2D eigenvalue weighted by molar-refractivity contribution is -0.0403. The first-order valence-corrected chi connectivity index (χ1v) is 6.61. The zero-order valence-electron chi connectivity index (χ0n) is 11.9. The highest BCUT2D eigenvalue weighted by atomic mass is 16.5. The molecule has 104 valence electrons. The summed E-state index contributed by atoms with van der Waals surface area (Å²) in [6.07, 6.45) is 0.748. The summed E-state index contributed by atoms with van der Waals surface area (Å²) in [6, 6.07) is 9.17. The van der Waals surface area contributed by atoms with E-state index in [-0.39, 0.29) is 0 Å². The largest absolute Gasteiger partial charge is 0.367 e. The predicted molar refractivity (Wildman–Crippen MR) is 73.7 cm³/mol. The van der Waals surface area contributed by atoms with Crippen molar-refractivity contribution in [3.05, 3.63) is 35.7 Å². The average molecular weight is 271 g/mol. The lowest BCUT2D eigenvalue weighted by atomic mass is 10.0. The Bertz CT molecular complexity index is 630. The van der Waals surface area contributed by atoms with Gasteiger partial charge in [0.15, 0.2) is 0 Å². The molecule has 1 atom stereocenters. The van der Waals surface area contributed by atoms with Crippen molar-refractivity contribution in [2.75, 3.05) is 6.61 Å². The zero-order valence-corrected chi connectivity index (χ0v) is 11.9. The van der Waals surface area contributed by atoms with Crippen molar-refractivity contribution >= 4 is 0 Å². The SMILES string of the molecule is CCOC(C)(CC)c1noc(-c2cccc(C#N)c2)n1. The van der Waals surface area contributed by atoms with E-state index >= 15 is 0 Å². The Morgan fingerprint density at radius 1 is 1.40 bits per heavy atom. The highest BCUT2D eigenvalue weighted by molar-refractivity contribution is 5.56. The van der Waals surface area contributed by atoms with Gasteiger partial charge in [-0.1, -0.05) is 18.1 Å². The van der Waals surface area contributed by atoms with Crippen molar-refractivity contribution in [1.82, 2.24) is 10.1 Å². The smallest absolute Gasteiger partial charge is 0.258 e. The number of nitriles is 1. The van der Waals surface area contributed by atoms with E-state index in [1.807, 2.05) is 26.8 Å². The second kappa shape index (κ2) is 5.85. The molecule has 2 aromatic rings. The van der Waals surface area contributed by atoms with Crippen LogP contribution >= 0.6 is 0 Å². The van der Waals surface area contributed by atoms with Crippen LogP contribution < -0.4 is 0 Å². The van der Waals surface area contributed by atoms with E-state index in [1.54, 1.807) is 18.2 Å². The van der Waals surface area contributed by atoms with Crippen LogP contribution in [0.1, 0.15) is 38.6 Å². The molecule has 0 amide bonds. The molecule has 0 saturated heterocycles. The Morgan fingerprint density at radius 2 is 2.20 bits per heavy atom. The number of nitrogens with zero attached hydrogens (tertiary/aromatic N) is 3. The van der Waals surface area contributed by atoms with Gasteiger partial charge < -0.3 is 9.26 Å². The Kier molecular flexibility index (Phi) is 4.16. The molecule has 1 aromatic heterocycles. The summed E-state index contributed by atoms with van der Waals surface area (Å²) in [5.41, 5.74) is 0.742. The Morgan fingerprint density at radius 3 is 2.85 bits per heavy atom. The van der Waals surface area contributed by atoms with Gasteiger partial charge in [-0.05, 0) is 38.5 Å². The lowest BCUT2D eigenvalue weighted by Crippen LogP contribution is -2.26. The van der Waals surface area contributed by atoms with E-state index in [0.717, 1.165) is 12.0 Å². The summed E-state index contributed by atoms with van der Waals surface area (Å²) >= 11 is 0. The van der Waals surface area contributed by atoms with Crippen molar-refractivity contribution in [2.45, 2.75) is 32.8 Å². The Hall–Kier alpha value is -2.19. The van der Waals surface area contributed by atoms with Crippen molar-refractivity contribution in [3.8, 4) is 17.5 Å². The normalized spacial score (nSPS) is 13.7. The summed E-state index contributed by atoms with van der Waals surface area (Å²) in [7, 11) is 0. The second-order valence-electron chi connectivity index (χ2n) is 4.63. The third kappa shape index (κ3) is 2.70. The Labute approximate surface area is 118 Å². The first kappa shape index (κ1) is 14.2. The topological polar surface area (TPSA) is 71.9 Å². The van der Waals surface area contributed by atoms with E-state index in [2.05, 4.69) is 16.2 Å². The first-order chi connectivity index (χ1) is 9.62. The highest BCUT2D eigenvalue weighted by Gasteiger charge is 2.31. The summed E-state index contributed by atoms with van der Waals surface area (Å²) < 4.78 is 11.0. The van der Waals surface area contributed by atoms with Crippen LogP contribution in [0.25, 0.3) is 11.5 Å². The minimum atomic E-state index is -0.552. The van der Waals surface area contributed by atoms with Crippen LogP contribution in [-0.4, -0.2) is 16.7 Å². The number of hydrogen-bond acceptors (Lipinski definition) is 5. The van der Waals surface area contributed by atoms with Crippen molar-refractivity contribution in [1.29, 1.82) is 5.26 Å². The molecule has 1 unspecified atom stereocenters. The minimum absolute atomic E-state index is 0.400. The molecular weight excluding hydrogens is 254 g/mol. The van der Waals surface area contributed by atoms with Crippen LogP contribution in [0.3, 0.4) is 0 Å². The van der Waals surface area contributed by atoms with Crippen LogP contribution in [0, 0.1) is 11.3 Å². The van der Waals surface area contributed by atoms with Gasteiger partial charge in [-0.2, -0.15) is 10.2 Å². The molecule has 5 nitrogen and oxygen atoms in total. The van der Waals surface area contributed by atoms with Crippen LogP contribution in [0.2, 0.25) is 0 Å². The molecule has 0 aliphatic heterocycles. The van der Waals surface area contributed by atoms with Crippen LogP contribution in [0.15, 0.2) is 28.8 Å². The maximum atomic E-state index is 8.91. The molecule has 20 heavy (non-hydrogen) atoms. The number of ether oxygens (including phenoxy) is 1. The van der Waals surface area contributed by atoms with Gasteiger partial charge in [0, 0.05) is 12.2 Å². The maximum Gasteiger partial charge on any atom is 0.258 e. The molecule has 5 heteroatoms. The zero-order chi connectivity index (χ0) is 14.6. The number of hydrogen-bond donors (Lipinski definition) is 0. The Balaban J connectivity index is 2.35. The summed E-state index contributed by atoms with van der Waals surface area (Å²) in [4.78, 5) is 4.41. The monoisotopic (exact) mass is 271 g/mol. The fourth-order valence-corrected chi connectivity index (χ4v) is 1.92. The number of benzene rings is 1. The molecule has 1 aromatic carbocycles.